The lowest BCUT2D eigenvalue weighted by Gasteiger charge is -2.09. The van der Waals surface area contributed by atoms with Crippen LogP contribution in [0.1, 0.15) is 47.0 Å². The van der Waals surface area contributed by atoms with Crippen molar-refractivity contribution in [2.45, 2.75) is 33.6 Å². The highest BCUT2D eigenvalue weighted by Crippen LogP contribution is 2.25. The van der Waals surface area contributed by atoms with Crippen molar-refractivity contribution >= 4 is 23.6 Å². The summed E-state index contributed by atoms with van der Waals surface area (Å²) in [5.41, 5.74) is 3.82. The Hall–Kier alpha value is -4.11. The zero-order chi connectivity index (χ0) is 23.8. The van der Waals surface area contributed by atoms with Crippen molar-refractivity contribution in [3.63, 3.8) is 0 Å². The van der Waals surface area contributed by atoms with Crippen molar-refractivity contribution in [3.8, 4) is 17.4 Å². The van der Waals surface area contributed by atoms with Gasteiger partial charge in [-0.25, -0.2) is 4.79 Å². The van der Waals surface area contributed by atoms with Crippen LogP contribution in [0, 0.1) is 25.2 Å². The molecular formula is C27H26N2O4. The zero-order valence-electron chi connectivity index (χ0n) is 19.0. The lowest BCUT2D eigenvalue weighted by Crippen LogP contribution is -2.14. The third kappa shape index (κ3) is 5.98. The van der Waals surface area contributed by atoms with E-state index in [9.17, 15) is 14.9 Å². The molecule has 0 bridgehead atoms. The minimum atomic E-state index is -0.505. The average molecular weight is 443 g/mol. The molecule has 1 aromatic heterocycles. The molecule has 6 nitrogen and oxygen atoms in total. The molecule has 0 aliphatic carbocycles. The fraction of sp³-hybridized carbons (Fsp3) is 0.222. The smallest absolute Gasteiger partial charge is 0.338 e. The Bertz CT molecular complexity index is 1210. The van der Waals surface area contributed by atoms with Crippen LogP contribution >= 0.6 is 0 Å². The summed E-state index contributed by atoms with van der Waals surface area (Å²) in [6.07, 6.45) is 3.20. The summed E-state index contributed by atoms with van der Waals surface area (Å²) >= 11 is 0. The number of aryl methyl sites for hydroxylation is 1. The van der Waals surface area contributed by atoms with E-state index in [1.807, 2.05) is 39.0 Å². The number of nitrogens with one attached hydrogen (secondary N) is 1. The highest BCUT2D eigenvalue weighted by atomic mass is 16.5. The largest absolute Gasteiger partial charge is 0.462 e. The van der Waals surface area contributed by atoms with Gasteiger partial charge in [0.15, 0.2) is 0 Å². The van der Waals surface area contributed by atoms with Gasteiger partial charge in [-0.2, -0.15) is 5.26 Å². The fourth-order valence-corrected chi connectivity index (χ4v) is 3.12. The van der Waals surface area contributed by atoms with E-state index < -0.39 is 5.91 Å². The number of esters is 1. The number of benzene rings is 2. The molecule has 0 unspecified atom stereocenters. The van der Waals surface area contributed by atoms with E-state index in [-0.39, 0.29) is 11.5 Å². The number of nitriles is 1. The maximum absolute atomic E-state index is 12.6. The Morgan fingerprint density at radius 1 is 1.09 bits per heavy atom. The quantitative estimate of drug-likeness (QED) is 0.198. The number of nitrogens with zero attached hydrogens (tertiary/aromatic N) is 1. The van der Waals surface area contributed by atoms with Crippen LogP contribution in [0.2, 0.25) is 0 Å². The van der Waals surface area contributed by atoms with Crippen molar-refractivity contribution in [3.05, 3.63) is 82.6 Å². The Morgan fingerprint density at radius 3 is 2.55 bits per heavy atom. The van der Waals surface area contributed by atoms with Crippen LogP contribution in [-0.2, 0) is 9.53 Å². The van der Waals surface area contributed by atoms with Gasteiger partial charge in [0, 0.05) is 17.3 Å². The molecule has 0 fully saturated rings. The first-order valence-corrected chi connectivity index (χ1v) is 10.8. The molecule has 0 atom stereocenters. The number of unbranched alkanes of at least 4 members (excludes halogenated alkanes) is 1. The summed E-state index contributed by atoms with van der Waals surface area (Å²) in [6.45, 7) is 6.31. The number of rotatable bonds is 8. The molecule has 1 heterocycles. The summed E-state index contributed by atoms with van der Waals surface area (Å²) in [4.78, 5) is 24.6. The van der Waals surface area contributed by atoms with Crippen LogP contribution in [0.15, 0.2) is 64.6 Å². The lowest BCUT2D eigenvalue weighted by molar-refractivity contribution is -0.112. The average Bonchev–Trinajstić information content (AvgIpc) is 3.29. The molecule has 168 valence electrons. The van der Waals surface area contributed by atoms with Crippen LogP contribution in [0.25, 0.3) is 17.4 Å². The summed E-state index contributed by atoms with van der Waals surface area (Å²) in [5.74, 6) is 0.0711. The second-order valence-corrected chi connectivity index (χ2v) is 7.64. The highest BCUT2D eigenvalue weighted by Gasteiger charge is 2.13. The number of carbonyl (C=O) groups is 2. The van der Waals surface area contributed by atoms with E-state index in [1.54, 1.807) is 42.5 Å². The van der Waals surface area contributed by atoms with Gasteiger partial charge < -0.3 is 14.5 Å². The first-order chi connectivity index (χ1) is 15.9. The van der Waals surface area contributed by atoms with Gasteiger partial charge in [-0.3, -0.25) is 4.79 Å². The van der Waals surface area contributed by atoms with Gasteiger partial charge in [0.2, 0.25) is 0 Å². The molecule has 6 heteroatoms. The van der Waals surface area contributed by atoms with Crippen molar-refractivity contribution in [2.24, 2.45) is 0 Å². The third-order valence-corrected chi connectivity index (χ3v) is 5.27. The molecule has 33 heavy (non-hydrogen) atoms. The topological polar surface area (TPSA) is 92.3 Å². The van der Waals surface area contributed by atoms with Gasteiger partial charge >= 0.3 is 5.97 Å². The second-order valence-electron chi connectivity index (χ2n) is 7.64. The molecule has 2 aromatic carbocycles. The van der Waals surface area contributed by atoms with Crippen molar-refractivity contribution in [1.82, 2.24) is 0 Å². The lowest BCUT2D eigenvalue weighted by atomic mass is 10.1. The molecule has 0 saturated carbocycles. The number of carbonyl (C=O) groups excluding carboxylic acids is 2. The number of hydrogen-bond donors (Lipinski definition) is 1. The van der Waals surface area contributed by atoms with E-state index in [4.69, 9.17) is 9.15 Å². The number of hydrogen-bond acceptors (Lipinski definition) is 5. The van der Waals surface area contributed by atoms with E-state index in [1.165, 1.54) is 6.08 Å². The SMILES string of the molecule is CCCCOC(=O)c1ccc(-c2ccc(/C=C(\C#N)C(=O)Nc3cccc(C)c3C)o2)cc1. The van der Waals surface area contributed by atoms with Gasteiger partial charge in [-0.1, -0.05) is 37.6 Å². The first kappa shape index (κ1) is 23.6. The van der Waals surface area contributed by atoms with E-state index in [2.05, 4.69) is 5.32 Å². The summed E-state index contributed by atoms with van der Waals surface area (Å²) in [6, 6.07) is 17.9. The van der Waals surface area contributed by atoms with Gasteiger partial charge in [-0.05, 0) is 61.7 Å². The van der Waals surface area contributed by atoms with Crippen LogP contribution < -0.4 is 5.32 Å². The first-order valence-electron chi connectivity index (χ1n) is 10.8. The van der Waals surface area contributed by atoms with E-state index in [0.29, 0.717) is 29.4 Å². The number of furan rings is 1. The molecule has 3 rings (SSSR count). The molecule has 1 N–H and O–H groups in total. The summed E-state index contributed by atoms with van der Waals surface area (Å²) in [5, 5.41) is 12.3. The third-order valence-electron chi connectivity index (χ3n) is 5.27. The van der Waals surface area contributed by atoms with E-state index >= 15 is 0 Å². The molecule has 0 saturated heterocycles. The molecule has 0 radical (unpaired) electrons. The monoisotopic (exact) mass is 442 g/mol. The molecule has 0 aliphatic heterocycles. The summed E-state index contributed by atoms with van der Waals surface area (Å²) in [7, 11) is 0. The Kier molecular flexibility index (Phi) is 7.82. The minimum absolute atomic E-state index is 0.0676. The van der Waals surface area contributed by atoms with Crippen LogP contribution in [-0.4, -0.2) is 18.5 Å². The Balaban J connectivity index is 1.72. The maximum Gasteiger partial charge on any atom is 0.338 e. The van der Waals surface area contributed by atoms with Crippen LogP contribution in [0.4, 0.5) is 5.69 Å². The van der Waals surface area contributed by atoms with Gasteiger partial charge in [0.05, 0.1) is 12.2 Å². The van der Waals surface area contributed by atoms with Crippen molar-refractivity contribution in [1.29, 1.82) is 5.26 Å². The van der Waals surface area contributed by atoms with Gasteiger partial charge in [0.25, 0.3) is 5.91 Å². The zero-order valence-corrected chi connectivity index (χ0v) is 19.0. The fourth-order valence-electron chi connectivity index (χ4n) is 3.12. The van der Waals surface area contributed by atoms with Crippen LogP contribution in [0.3, 0.4) is 0 Å². The molecule has 0 aliphatic rings. The standard InChI is InChI=1S/C27H26N2O4/c1-4-5-15-32-27(31)21-11-9-20(10-12-21)25-14-13-23(33-25)16-22(17-28)26(30)29-24-8-6-7-18(2)19(24)3/h6-14,16H,4-5,15H2,1-3H3,(H,29,30)/b22-16+. The highest BCUT2D eigenvalue weighted by molar-refractivity contribution is 6.09. The predicted octanol–water partition coefficient (Wildman–Crippen LogP) is 6.07. The normalized spacial score (nSPS) is 11.0. The Morgan fingerprint density at radius 2 is 1.85 bits per heavy atom. The Labute approximate surface area is 193 Å². The molecule has 0 spiro atoms. The number of amides is 1. The van der Waals surface area contributed by atoms with Crippen molar-refractivity contribution in [2.75, 3.05) is 11.9 Å². The summed E-state index contributed by atoms with van der Waals surface area (Å²) < 4.78 is 11.0. The molecule has 1 amide bonds. The van der Waals surface area contributed by atoms with Gasteiger partial charge in [-0.15, -0.1) is 0 Å². The van der Waals surface area contributed by atoms with E-state index in [0.717, 1.165) is 29.5 Å². The predicted molar refractivity (Wildman–Crippen MR) is 127 cm³/mol. The maximum atomic E-state index is 12.6. The van der Waals surface area contributed by atoms with Crippen LogP contribution in [0.5, 0.6) is 0 Å². The van der Waals surface area contributed by atoms with Gasteiger partial charge in [0.1, 0.15) is 23.2 Å². The minimum Gasteiger partial charge on any atom is -0.462 e. The number of ether oxygens (including phenoxy) is 1. The second kappa shape index (κ2) is 11.0. The molecular weight excluding hydrogens is 416 g/mol. The van der Waals surface area contributed by atoms with Crippen molar-refractivity contribution < 1.29 is 18.7 Å². The molecule has 3 aromatic rings. The number of anilines is 1.